The minimum Gasteiger partial charge on any atom is -0.481 e. The number of amides is 2. The molecule has 2 atom stereocenters. The number of nitrogens with one attached hydrogen (secondary N) is 1. The van der Waals surface area contributed by atoms with Crippen molar-refractivity contribution in [3.63, 3.8) is 0 Å². The van der Waals surface area contributed by atoms with Crippen LogP contribution in [-0.4, -0.2) is 34.3 Å². The molecule has 1 saturated carbocycles. The van der Waals surface area contributed by atoms with Crippen LogP contribution in [0.15, 0.2) is 73.1 Å². The van der Waals surface area contributed by atoms with E-state index in [-0.39, 0.29) is 23.8 Å². The molecule has 2 unspecified atom stereocenters. The third kappa shape index (κ3) is 5.68. The third-order valence-electron chi connectivity index (χ3n) is 7.61. The number of nitrogens with zero attached hydrogens (tertiary/aromatic N) is 2. The van der Waals surface area contributed by atoms with Crippen molar-refractivity contribution in [2.24, 2.45) is 5.92 Å². The quantitative estimate of drug-likeness (QED) is 0.463. The minimum absolute atomic E-state index is 0.126. The predicted molar refractivity (Wildman–Crippen MR) is 143 cm³/mol. The van der Waals surface area contributed by atoms with E-state index in [9.17, 15) is 9.59 Å². The summed E-state index contributed by atoms with van der Waals surface area (Å²) < 4.78 is 6.23. The second-order valence-corrected chi connectivity index (χ2v) is 10.0. The van der Waals surface area contributed by atoms with Gasteiger partial charge in [-0.25, -0.2) is 0 Å². The highest BCUT2D eigenvalue weighted by atomic mass is 16.5. The smallest absolute Gasteiger partial charge is 0.261 e. The van der Waals surface area contributed by atoms with E-state index in [1.54, 1.807) is 12.4 Å². The minimum atomic E-state index is -0.602. The molecule has 1 aliphatic heterocycles. The maximum atomic E-state index is 13.6. The summed E-state index contributed by atoms with van der Waals surface area (Å²) in [5.74, 6) is 0.904. The maximum absolute atomic E-state index is 13.6. The Morgan fingerprint density at radius 1 is 1.05 bits per heavy atom. The van der Waals surface area contributed by atoms with Crippen molar-refractivity contribution in [1.82, 2.24) is 15.2 Å². The van der Waals surface area contributed by atoms with E-state index in [0.717, 1.165) is 55.3 Å². The Kier molecular flexibility index (Phi) is 7.83. The molecule has 1 aromatic heterocycles. The molecule has 0 saturated heterocycles. The molecule has 0 radical (unpaired) electrons. The number of aromatic nitrogens is 1. The van der Waals surface area contributed by atoms with Crippen LogP contribution in [0.1, 0.15) is 67.3 Å². The van der Waals surface area contributed by atoms with Crippen molar-refractivity contribution in [3.8, 4) is 5.75 Å². The zero-order valence-corrected chi connectivity index (χ0v) is 21.4. The summed E-state index contributed by atoms with van der Waals surface area (Å²) in [6.45, 7) is 3.10. The predicted octanol–water partition coefficient (Wildman–Crippen LogP) is 5.22. The largest absolute Gasteiger partial charge is 0.481 e. The van der Waals surface area contributed by atoms with Gasteiger partial charge in [0.25, 0.3) is 5.91 Å². The Balaban J connectivity index is 1.38. The van der Waals surface area contributed by atoms with Gasteiger partial charge in [-0.2, -0.15) is 0 Å². The number of carbonyl (C=O) groups is 2. The number of hydrogen-bond donors (Lipinski definition) is 1. The van der Waals surface area contributed by atoms with Gasteiger partial charge < -0.3 is 15.0 Å². The Bertz CT molecular complexity index is 1210. The maximum Gasteiger partial charge on any atom is 0.261 e. The highest BCUT2D eigenvalue weighted by Crippen LogP contribution is 2.39. The summed E-state index contributed by atoms with van der Waals surface area (Å²) >= 11 is 0. The molecule has 2 amide bonds. The van der Waals surface area contributed by atoms with Crippen molar-refractivity contribution < 1.29 is 14.3 Å². The van der Waals surface area contributed by atoms with Crippen LogP contribution in [0.4, 0.5) is 0 Å². The van der Waals surface area contributed by atoms with Crippen LogP contribution >= 0.6 is 0 Å². The summed E-state index contributed by atoms with van der Waals surface area (Å²) in [6, 6.07) is 20.0. The Hall–Kier alpha value is -3.67. The van der Waals surface area contributed by atoms with Crippen LogP contribution in [0.5, 0.6) is 5.75 Å². The van der Waals surface area contributed by atoms with E-state index < -0.39 is 6.10 Å². The molecule has 192 valence electrons. The van der Waals surface area contributed by atoms with Crippen LogP contribution in [0.3, 0.4) is 0 Å². The molecule has 6 heteroatoms. The molecule has 2 heterocycles. The lowest BCUT2D eigenvalue weighted by molar-refractivity contribution is -0.137. The van der Waals surface area contributed by atoms with Crippen molar-refractivity contribution in [1.29, 1.82) is 0 Å². The molecular weight excluding hydrogens is 462 g/mol. The van der Waals surface area contributed by atoms with Gasteiger partial charge in [0.1, 0.15) is 5.75 Å². The number of fused-ring (bicyclic) bond motifs is 1. The molecule has 6 nitrogen and oxygen atoms in total. The first-order chi connectivity index (χ1) is 18.1. The topological polar surface area (TPSA) is 71.5 Å². The number of hydrogen-bond acceptors (Lipinski definition) is 4. The van der Waals surface area contributed by atoms with E-state index in [0.29, 0.717) is 18.7 Å². The molecule has 1 N–H and O–H groups in total. The van der Waals surface area contributed by atoms with Crippen LogP contribution in [0.2, 0.25) is 0 Å². The van der Waals surface area contributed by atoms with E-state index in [2.05, 4.69) is 33.4 Å². The van der Waals surface area contributed by atoms with Gasteiger partial charge in [0.05, 0.1) is 6.04 Å². The fourth-order valence-electron chi connectivity index (χ4n) is 5.60. The SMILES string of the molecule is CCC(Oc1ccc2c(c1)C(c1ccccc1)N(C(=O)C1CCCC1)CC2)C(=O)NCc1ccncc1. The van der Waals surface area contributed by atoms with E-state index in [1.165, 1.54) is 5.56 Å². The second-order valence-electron chi connectivity index (χ2n) is 10.0. The normalized spacial score (nSPS) is 18.2. The first kappa shape index (κ1) is 25.0. The number of ether oxygens (including phenoxy) is 1. The lowest BCUT2D eigenvalue weighted by atomic mass is 9.87. The van der Waals surface area contributed by atoms with Crippen molar-refractivity contribution in [2.75, 3.05) is 6.54 Å². The summed E-state index contributed by atoms with van der Waals surface area (Å²) in [4.78, 5) is 32.6. The number of rotatable bonds is 8. The lowest BCUT2D eigenvalue weighted by Crippen LogP contribution is -2.43. The summed E-state index contributed by atoms with van der Waals surface area (Å²) in [5, 5.41) is 2.98. The molecule has 1 fully saturated rings. The molecular formula is C31H35N3O3. The van der Waals surface area contributed by atoms with Gasteiger partial charge in [-0.1, -0.05) is 56.2 Å². The Labute approximate surface area is 219 Å². The van der Waals surface area contributed by atoms with Gasteiger partial charge in [0.2, 0.25) is 5.91 Å². The standard InChI is InChI=1S/C31H35N3O3/c1-2-28(30(35)33-21-22-14-17-32-18-15-22)37-26-13-12-23-16-19-34(31(36)25-10-6-7-11-25)29(27(23)20-26)24-8-4-3-5-9-24/h3-5,8-9,12-15,17-18,20,25,28-29H,2,6-7,10-11,16,19,21H2,1H3,(H,33,35). The first-order valence-electron chi connectivity index (χ1n) is 13.5. The van der Waals surface area contributed by atoms with E-state index in [4.69, 9.17) is 4.74 Å². The van der Waals surface area contributed by atoms with Crippen LogP contribution < -0.4 is 10.1 Å². The molecule has 37 heavy (non-hydrogen) atoms. The van der Waals surface area contributed by atoms with Gasteiger partial charge in [0, 0.05) is 31.4 Å². The molecule has 2 aliphatic rings. The van der Waals surface area contributed by atoms with E-state index in [1.807, 2.05) is 49.4 Å². The fourth-order valence-corrected chi connectivity index (χ4v) is 5.60. The molecule has 1 aliphatic carbocycles. The third-order valence-corrected chi connectivity index (χ3v) is 7.61. The summed E-state index contributed by atoms with van der Waals surface area (Å²) in [7, 11) is 0. The van der Waals surface area contributed by atoms with Crippen LogP contribution in [0, 0.1) is 5.92 Å². The molecule has 3 aromatic rings. The molecule has 2 aromatic carbocycles. The average molecular weight is 498 g/mol. The monoisotopic (exact) mass is 497 g/mol. The van der Waals surface area contributed by atoms with Gasteiger partial charge in [-0.15, -0.1) is 0 Å². The lowest BCUT2D eigenvalue weighted by Gasteiger charge is -2.39. The second kappa shape index (κ2) is 11.6. The van der Waals surface area contributed by atoms with Crippen molar-refractivity contribution in [2.45, 2.75) is 64.1 Å². The van der Waals surface area contributed by atoms with Gasteiger partial charge in [0.15, 0.2) is 6.10 Å². The zero-order valence-electron chi connectivity index (χ0n) is 21.4. The van der Waals surface area contributed by atoms with Crippen molar-refractivity contribution >= 4 is 11.8 Å². The Morgan fingerprint density at radius 3 is 2.54 bits per heavy atom. The Morgan fingerprint density at radius 2 is 1.81 bits per heavy atom. The molecule has 5 rings (SSSR count). The number of pyridine rings is 1. The highest BCUT2D eigenvalue weighted by Gasteiger charge is 2.36. The van der Waals surface area contributed by atoms with Gasteiger partial charge in [-0.3, -0.25) is 14.6 Å². The van der Waals surface area contributed by atoms with Gasteiger partial charge in [-0.05, 0) is 72.2 Å². The number of benzene rings is 2. The summed E-state index contributed by atoms with van der Waals surface area (Å²) in [5.41, 5.74) is 4.42. The van der Waals surface area contributed by atoms with Crippen LogP contribution in [0.25, 0.3) is 0 Å². The highest BCUT2D eigenvalue weighted by molar-refractivity contribution is 5.81. The van der Waals surface area contributed by atoms with Gasteiger partial charge >= 0.3 is 0 Å². The first-order valence-corrected chi connectivity index (χ1v) is 13.5. The fraction of sp³-hybridized carbons (Fsp3) is 0.387. The number of carbonyl (C=O) groups excluding carboxylic acids is 2. The molecule has 0 spiro atoms. The molecule has 0 bridgehead atoms. The van der Waals surface area contributed by atoms with Crippen LogP contribution in [-0.2, 0) is 22.6 Å². The summed E-state index contributed by atoms with van der Waals surface area (Å²) in [6.07, 6.45) is 8.44. The van der Waals surface area contributed by atoms with Crippen molar-refractivity contribution in [3.05, 3.63) is 95.3 Å². The zero-order chi connectivity index (χ0) is 25.6. The van der Waals surface area contributed by atoms with E-state index >= 15 is 0 Å². The average Bonchev–Trinajstić information content (AvgIpc) is 3.50.